The van der Waals surface area contributed by atoms with E-state index in [1.54, 1.807) is 17.4 Å². The molecule has 4 nitrogen and oxygen atoms in total. The fourth-order valence-electron chi connectivity index (χ4n) is 4.14. The summed E-state index contributed by atoms with van der Waals surface area (Å²) in [6.07, 6.45) is 10.6. The van der Waals surface area contributed by atoms with Gasteiger partial charge in [-0.2, -0.15) is 0 Å². The summed E-state index contributed by atoms with van der Waals surface area (Å²) in [5.74, 6) is 0.606. The van der Waals surface area contributed by atoms with Crippen molar-refractivity contribution in [2.45, 2.75) is 31.3 Å². The van der Waals surface area contributed by atoms with Crippen LogP contribution in [0.25, 0.3) is 6.08 Å². The summed E-state index contributed by atoms with van der Waals surface area (Å²) in [5.41, 5.74) is 1.24. The molecule has 0 spiro atoms. The third-order valence-electron chi connectivity index (χ3n) is 5.38. The van der Waals surface area contributed by atoms with Gasteiger partial charge in [0.05, 0.1) is 0 Å². The van der Waals surface area contributed by atoms with Gasteiger partial charge in [0.2, 0.25) is 5.91 Å². The molecule has 0 saturated carbocycles. The van der Waals surface area contributed by atoms with Crippen molar-refractivity contribution in [1.82, 2.24) is 15.2 Å². The van der Waals surface area contributed by atoms with Gasteiger partial charge >= 0.3 is 0 Å². The van der Waals surface area contributed by atoms with Crippen molar-refractivity contribution in [2.75, 3.05) is 13.1 Å². The van der Waals surface area contributed by atoms with Crippen molar-refractivity contribution in [2.24, 2.45) is 5.92 Å². The van der Waals surface area contributed by atoms with E-state index in [0.29, 0.717) is 12.0 Å². The lowest BCUT2D eigenvalue weighted by Gasteiger charge is -2.51. The van der Waals surface area contributed by atoms with Gasteiger partial charge in [-0.05, 0) is 67.4 Å². The molecule has 1 N–H and O–H groups in total. The number of hydrogen-bond donors (Lipinski definition) is 1. The summed E-state index contributed by atoms with van der Waals surface area (Å²) in [7, 11) is 0. The minimum Gasteiger partial charge on any atom is -0.348 e. The Bertz CT molecular complexity index is 721. The van der Waals surface area contributed by atoms with Gasteiger partial charge in [0.1, 0.15) is 0 Å². The molecule has 1 amide bonds. The molecule has 5 heteroatoms. The van der Waals surface area contributed by atoms with Gasteiger partial charge < -0.3 is 5.32 Å². The van der Waals surface area contributed by atoms with E-state index < -0.39 is 0 Å². The Balaban J connectivity index is 1.46. The summed E-state index contributed by atoms with van der Waals surface area (Å²) in [5, 5.41) is 5.32. The van der Waals surface area contributed by atoms with Gasteiger partial charge in [-0.25, -0.2) is 0 Å². The van der Waals surface area contributed by atoms with Gasteiger partial charge in [-0.3, -0.25) is 14.7 Å². The lowest BCUT2D eigenvalue weighted by atomic mass is 9.77. The van der Waals surface area contributed by atoms with E-state index in [4.69, 9.17) is 0 Å². The Labute approximate surface area is 152 Å². The van der Waals surface area contributed by atoms with Crippen LogP contribution in [0.2, 0.25) is 0 Å². The highest BCUT2D eigenvalue weighted by molar-refractivity contribution is 7.10. The predicted octanol–water partition coefficient (Wildman–Crippen LogP) is 2.98. The van der Waals surface area contributed by atoms with Crippen molar-refractivity contribution in [1.29, 1.82) is 0 Å². The monoisotopic (exact) mass is 353 g/mol. The molecule has 3 aliphatic heterocycles. The second-order valence-corrected chi connectivity index (χ2v) is 7.87. The molecule has 2 aromatic rings. The van der Waals surface area contributed by atoms with Crippen molar-refractivity contribution in [3.8, 4) is 0 Å². The van der Waals surface area contributed by atoms with Gasteiger partial charge in [0, 0.05) is 35.4 Å². The number of amides is 1. The van der Waals surface area contributed by atoms with E-state index in [9.17, 15) is 4.79 Å². The number of nitrogens with one attached hydrogen (secondary N) is 1. The van der Waals surface area contributed by atoms with E-state index in [1.807, 2.05) is 42.0 Å². The van der Waals surface area contributed by atoms with E-state index in [1.165, 1.54) is 18.4 Å². The Kier molecular flexibility index (Phi) is 4.95. The molecule has 2 unspecified atom stereocenters. The molecule has 0 radical (unpaired) electrons. The fraction of sp³-hybridized carbons (Fsp3) is 0.400. The second-order valence-electron chi connectivity index (χ2n) is 6.89. The molecule has 3 fully saturated rings. The molecule has 2 atom stereocenters. The van der Waals surface area contributed by atoms with Gasteiger partial charge in [-0.1, -0.05) is 12.1 Å². The Hall–Kier alpha value is -1.98. The molecule has 25 heavy (non-hydrogen) atoms. The Morgan fingerprint density at radius 1 is 1.32 bits per heavy atom. The number of nitrogens with zero attached hydrogens (tertiary/aromatic N) is 2. The number of pyridine rings is 1. The molecule has 0 aliphatic carbocycles. The zero-order chi connectivity index (χ0) is 17.1. The SMILES string of the molecule is O=C(/C=C/c1cccs1)NC1C2CCN(CC2)C1Cc1cccnc1. The van der Waals surface area contributed by atoms with Crippen molar-refractivity contribution in [3.63, 3.8) is 0 Å². The van der Waals surface area contributed by atoms with Crippen molar-refractivity contribution in [3.05, 3.63) is 58.6 Å². The quantitative estimate of drug-likeness (QED) is 0.841. The summed E-state index contributed by atoms with van der Waals surface area (Å²) in [6.45, 7) is 2.29. The number of thiophene rings is 1. The first kappa shape index (κ1) is 16.5. The maximum Gasteiger partial charge on any atom is 0.244 e. The number of fused-ring (bicyclic) bond motifs is 3. The number of carbonyl (C=O) groups excluding carboxylic acids is 1. The normalized spacial score (nSPS) is 28.3. The van der Waals surface area contributed by atoms with Crippen LogP contribution in [0.15, 0.2) is 48.1 Å². The molecule has 3 aliphatic rings. The van der Waals surface area contributed by atoms with E-state index in [-0.39, 0.29) is 11.9 Å². The molecule has 3 saturated heterocycles. The third-order valence-corrected chi connectivity index (χ3v) is 6.22. The highest BCUT2D eigenvalue weighted by Gasteiger charge is 2.42. The third kappa shape index (κ3) is 3.83. The predicted molar refractivity (Wildman–Crippen MR) is 101 cm³/mol. The number of hydrogen-bond acceptors (Lipinski definition) is 4. The summed E-state index contributed by atoms with van der Waals surface area (Å²) >= 11 is 1.64. The van der Waals surface area contributed by atoms with Gasteiger partial charge in [0.15, 0.2) is 0 Å². The smallest absolute Gasteiger partial charge is 0.244 e. The van der Waals surface area contributed by atoms with Crippen molar-refractivity contribution < 1.29 is 4.79 Å². The average molecular weight is 353 g/mol. The van der Waals surface area contributed by atoms with Crippen LogP contribution in [0.5, 0.6) is 0 Å². The minimum absolute atomic E-state index is 0.0170. The molecule has 5 rings (SSSR count). The highest BCUT2D eigenvalue weighted by atomic mass is 32.1. The van der Waals surface area contributed by atoms with Gasteiger partial charge in [0.25, 0.3) is 0 Å². The molecule has 130 valence electrons. The lowest BCUT2D eigenvalue weighted by Crippen LogP contribution is -2.64. The maximum absolute atomic E-state index is 12.5. The number of aromatic nitrogens is 1. The lowest BCUT2D eigenvalue weighted by molar-refractivity contribution is -0.119. The van der Waals surface area contributed by atoms with Crippen LogP contribution >= 0.6 is 11.3 Å². The summed E-state index contributed by atoms with van der Waals surface area (Å²) in [6, 6.07) is 8.74. The summed E-state index contributed by atoms with van der Waals surface area (Å²) in [4.78, 5) is 20.3. The van der Waals surface area contributed by atoms with E-state index >= 15 is 0 Å². The molecular weight excluding hydrogens is 330 g/mol. The number of rotatable bonds is 5. The first-order valence-corrected chi connectivity index (χ1v) is 9.82. The number of carbonyl (C=O) groups is 1. The van der Waals surface area contributed by atoms with Crippen LogP contribution in [0.3, 0.4) is 0 Å². The zero-order valence-corrected chi connectivity index (χ0v) is 15.0. The van der Waals surface area contributed by atoms with Crippen LogP contribution in [-0.4, -0.2) is 41.0 Å². The van der Waals surface area contributed by atoms with Crippen LogP contribution in [-0.2, 0) is 11.2 Å². The van der Waals surface area contributed by atoms with Crippen LogP contribution < -0.4 is 5.32 Å². The summed E-state index contributed by atoms with van der Waals surface area (Å²) < 4.78 is 0. The molecule has 2 bridgehead atoms. The molecular formula is C20H23N3OS. The maximum atomic E-state index is 12.5. The zero-order valence-electron chi connectivity index (χ0n) is 14.2. The van der Waals surface area contributed by atoms with Crippen molar-refractivity contribution >= 4 is 23.3 Å². The Morgan fingerprint density at radius 3 is 2.92 bits per heavy atom. The van der Waals surface area contributed by atoms with E-state index in [0.717, 1.165) is 24.4 Å². The second kappa shape index (κ2) is 7.50. The van der Waals surface area contributed by atoms with Gasteiger partial charge in [-0.15, -0.1) is 11.3 Å². The van der Waals surface area contributed by atoms with Crippen LogP contribution in [0.1, 0.15) is 23.3 Å². The molecule has 5 heterocycles. The average Bonchev–Trinajstić information content (AvgIpc) is 3.17. The molecule has 0 aromatic carbocycles. The van der Waals surface area contributed by atoms with Crippen LogP contribution in [0, 0.1) is 5.92 Å². The largest absolute Gasteiger partial charge is 0.348 e. The van der Waals surface area contributed by atoms with Crippen LogP contribution in [0.4, 0.5) is 0 Å². The fourth-order valence-corrected chi connectivity index (χ4v) is 4.76. The minimum atomic E-state index is 0.0170. The molecule has 2 aromatic heterocycles. The first-order chi connectivity index (χ1) is 12.3. The standard InChI is InChI=1S/C20H23N3OS/c24-19(6-5-17-4-2-12-25-17)22-20-16-7-10-23(11-8-16)18(20)13-15-3-1-9-21-14-15/h1-6,9,12,14,16,18,20H,7-8,10-11,13H2,(H,22,24)/b6-5+. The number of piperidine rings is 3. The first-order valence-electron chi connectivity index (χ1n) is 8.94. The van der Waals surface area contributed by atoms with E-state index in [2.05, 4.69) is 21.3 Å². The topological polar surface area (TPSA) is 45.2 Å². The Morgan fingerprint density at radius 2 is 2.20 bits per heavy atom. The highest BCUT2D eigenvalue weighted by Crippen LogP contribution is 2.34.